The first-order chi connectivity index (χ1) is 12.4. The van der Waals surface area contributed by atoms with Gasteiger partial charge in [-0.1, -0.05) is 49.2 Å². The van der Waals surface area contributed by atoms with E-state index in [2.05, 4.69) is 53.8 Å². The second-order valence-electron chi connectivity index (χ2n) is 8.12. The molecule has 2 aromatic carbocycles. The summed E-state index contributed by atoms with van der Waals surface area (Å²) in [5.41, 5.74) is 4.81. The number of ether oxygens (including phenoxy) is 1. The van der Waals surface area contributed by atoms with Crippen LogP contribution >= 0.6 is 12.4 Å². The molecule has 2 bridgehead atoms. The molecule has 1 N–H and O–H groups in total. The minimum Gasteiger partial charge on any atom is -0.489 e. The summed E-state index contributed by atoms with van der Waals surface area (Å²) in [5.74, 6) is 1.87. The lowest BCUT2D eigenvalue weighted by Crippen LogP contribution is -2.59. The molecule has 0 amide bonds. The van der Waals surface area contributed by atoms with Crippen molar-refractivity contribution >= 4 is 12.4 Å². The van der Waals surface area contributed by atoms with Crippen LogP contribution in [0.5, 0.6) is 5.75 Å². The third-order valence-electron chi connectivity index (χ3n) is 6.87. The van der Waals surface area contributed by atoms with E-state index >= 15 is 0 Å². The lowest BCUT2D eigenvalue weighted by atomic mass is 9.53. The molecule has 3 heteroatoms. The molecule has 1 heterocycles. The molecule has 138 valence electrons. The molecule has 2 nitrogen and oxygen atoms in total. The standard InChI is InChI=1S/C23H27NO.ClH/c1-2-6-17(7-3-1)16-25-19-10-9-18-14-22-20-8-4-5-11-23(20,12-13-24-22)21(18)15-19;/h1-3,6-7,9-10,15,20,22,24H,4-5,8,11-14,16H2;1H/t20-,22+,23+;/m0./s1. The second-order valence-corrected chi connectivity index (χ2v) is 8.12. The van der Waals surface area contributed by atoms with Gasteiger partial charge in [0.2, 0.25) is 0 Å². The Kier molecular flexibility index (Phi) is 4.98. The Morgan fingerprint density at radius 1 is 1.04 bits per heavy atom. The molecule has 26 heavy (non-hydrogen) atoms. The third kappa shape index (κ3) is 2.93. The Balaban J connectivity index is 0.00000168. The van der Waals surface area contributed by atoms with Gasteiger partial charge in [-0.2, -0.15) is 0 Å². The number of piperidine rings is 1. The maximum atomic E-state index is 6.16. The van der Waals surface area contributed by atoms with Gasteiger partial charge in [0, 0.05) is 11.5 Å². The van der Waals surface area contributed by atoms with Crippen molar-refractivity contribution < 1.29 is 4.74 Å². The Morgan fingerprint density at radius 3 is 2.81 bits per heavy atom. The van der Waals surface area contributed by atoms with E-state index < -0.39 is 0 Å². The van der Waals surface area contributed by atoms with Gasteiger partial charge in [0.25, 0.3) is 0 Å². The molecule has 5 rings (SSSR count). The molecule has 2 fully saturated rings. The van der Waals surface area contributed by atoms with Gasteiger partial charge in [0.1, 0.15) is 12.4 Å². The molecule has 1 aliphatic heterocycles. The zero-order valence-corrected chi connectivity index (χ0v) is 16.1. The highest BCUT2D eigenvalue weighted by Crippen LogP contribution is 2.54. The largest absolute Gasteiger partial charge is 0.489 e. The van der Waals surface area contributed by atoms with E-state index in [1.165, 1.54) is 50.6 Å². The van der Waals surface area contributed by atoms with E-state index in [0.29, 0.717) is 18.1 Å². The van der Waals surface area contributed by atoms with Crippen LogP contribution < -0.4 is 10.1 Å². The van der Waals surface area contributed by atoms with Crippen LogP contribution in [-0.4, -0.2) is 12.6 Å². The van der Waals surface area contributed by atoms with Crippen molar-refractivity contribution in [3.8, 4) is 5.75 Å². The molecule has 0 spiro atoms. The van der Waals surface area contributed by atoms with E-state index in [1.807, 2.05) is 0 Å². The van der Waals surface area contributed by atoms with Gasteiger partial charge in [0.15, 0.2) is 0 Å². The van der Waals surface area contributed by atoms with E-state index in [9.17, 15) is 0 Å². The first-order valence-corrected chi connectivity index (χ1v) is 9.89. The number of hydrogen-bond donors (Lipinski definition) is 1. The Labute approximate surface area is 162 Å². The number of fused-ring (bicyclic) bond motifs is 1. The summed E-state index contributed by atoms with van der Waals surface area (Å²) < 4.78 is 6.16. The molecular weight excluding hydrogens is 342 g/mol. The van der Waals surface area contributed by atoms with Gasteiger partial charge in [0.05, 0.1) is 0 Å². The van der Waals surface area contributed by atoms with E-state index in [4.69, 9.17) is 4.74 Å². The van der Waals surface area contributed by atoms with Crippen LogP contribution in [0.3, 0.4) is 0 Å². The molecule has 0 unspecified atom stereocenters. The van der Waals surface area contributed by atoms with E-state index in [0.717, 1.165) is 11.7 Å². The van der Waals surface area contributed by atoms with Gasteiger partial charge in [-0.15, -0.1) is 12.4 Å². The lowest BCUT2D eigenvalue weighted by Gasteiger charge is -2.56. The summed E-state index contributed by atoms with van der Waals surface area (Å²) in [5, 5.41) is 3.82. The van der Waals surface area contributed by atoms with Crippen LogP contribution in [0.25, 0.3) is 0 Å². The smallest absolute Gasteiger partial charge is 0.120 e. The maximum absolute atomic E-state index is 6.16. The predicted molar refractivity (Wildman–Crippen MR) is 108 cm³/mol. The molecule has 1 saturated heterocycles. The molecule has 2 aromatic rings. The minimum atomic E-state index is 0. The van der Waals surface area contributed by atoms with E-state index in [-0.39, 0.29) is 12.4 Å². The summed E-state index contributed by atoms with van der Waals surface area (Å²) in [6.45, 7) is 1.83. The summed E-state index contributed by atoms with van der Waals surface area (Å²) in [4.78, 5) is 0. The van der Waals surface area contributed by atoms with Gasteiger partial charge in [-0.25, -0.2) is 0 Å². The highest BCUT2D eigenvalue weighted by molar-refractivity contribution is 5.85. The zero-order valence-electron chi connectivity index (χ0n) is 15.2. The van der Waals surface area contributed by atoms with Crippen molar-refractivity contribution in [3.63, 3.8) is 0 Å². The molecule has 0 radical (unpaired) electrons. The average molecular weight is 370 g/mol. The van der Waals surface area contributed by atoms with Gasteiger partial charge < -0.3 is 10.1 Å². The van der Waals surface area contributed by atoms with Crippen molar-refractivity contribution in [2.24, 2.45) is 5.92 Å². The van der Waals surface area contributed by atoms with Crippen molar-refractivity contribution in [1.29, 1.82) is 0 Å². The van der Waals surface area contributed by atoms with Gasteiger partial charge >= 0.3 is 0 Å². The molecule has 2 aliphatic carbocycles. The van der Waals surface area contributed by atoms with Crippen LogP contribution in [0.2, 0.25) is 0 Å². The van der Waals surface area contributed by atoms with Crippen molar-refractivity contribution in [2.45, 2.75) is 56.6 Å². The number of rotatable bonds is 3. The summed E-state index contributed by atoms with van der Waals surface area (Å²) in [6.07, 6.45) is 8.04. The number of benzene rings is 2. The van der Waals surface area contributed by atoms with Crippen molar-refractivity contribution in [1.82, 2.24) is 5.32 Å². The van der Waals surface area contributed by atoms with Crippen LogP contribution in [0.15, 0.2) is 48.5 Å². The fourth-order valence-corrected chi connectivity index (χ4v) is 5.73. The summed E-state index contributed by atoms with van der Waals surface area (Å²) in [6, 6.07) is 18.1. The monoisotopic (exact) mass is 369 g/mol. The molecule has 3 aliphatic rings. The van der Waals surface area contributed by atoms with Crippen LogP contribution in [-0.2, 0) is 18.4 Å². The first-order valence-electron chi connectivity index (χ1n) is 9.89. The number of nitrogens with one attached hydrogen (secondary N) is 1. The minimum absolute atomic E-state index is 0. The molecule has 3 atom stereocenters. The van der Waals surface area contributed by atoms with Crippen LogP contribution in [0.4, 0.5) is 0 Å². The number of hydrogen-bond acceptors (Lipinski definition) is 2. The quantitative estimate of drug-likeness (QED) is 0.818. The van der Waals surface area contributed by atoms with Crippen molar-refractivity contribution in [2.75, 3.05) is 6.54 Å². The normalized spacial score (nSPS) is 29.1. The maximum Gasteiger partial charge on any atom is 0.120 e. The summed E-state index contributed by atoms with van der Waals surface area (Å²) in [7, 11) is 0. The fraction of sp³-hybridized carbons (Fsp3) is 0.478. The zero-order chi connectivity index (χ0) is 16.7. The average Bonchev–Trinajstić information content (AvgIpc) is 2.67. The van der Waals surface area contributed by atoms with Gasteiger partial charge in [-0.05, 0) is 67.0 Å². The third-order valence-corrected chi connectivity index (χ3v) is 6.87. The highest BCUT2D eigenvalue weighted by atomic mass is 35.5. The molecular formula is C23H28ClNO. The topological polar surface area (TPSA) is 21.3 Å². The Bertz CT molecular complexity index is 758. The van der Waals surface area contributed by atoms with E-state index in [1.54, 1.807) is 11.1 Å². The number of halogens is 1. The first kappa shape index (κ1) is 17.9. The lowest BCUT2D eigenvalue weighted by molar-refractivity contribution is 0.0794. The molecule has 1 saturated carbocycles. The van der Waals surface area contributed by atoms with Crippen LogP contribution in [0, 0.1) is 5.92 Å². The predicted octanol–water partition coefficient (Wildman–Crippen LogP) is 5.03. The van der Waals surface area contributed by atoms with Gasteiger partial charge in [-0.3, -0.25) is 0 Å². The Hall–Kier alpha value is -1.51. The fourth-order valence-electron chi connectivity index (χ4n) is 5.73. The molecule has 0 aromatic heterocycles. The van der Waals surface area contributed by atoms with Crippen molar-refractivity contribution in [3.05, 3.63) is 65.2 Å². The Morgan fingerprint density at radius 2 is 1.92 bits per heavy atom. The SMILES string of the molecule is Cl.c1ccc(COc2ccc3c(c2)[C@@]24CCCC[C@H]2[C@@H](C3)NCC4)cc1. The highest BCUT2D eigenvalue weighted by Gasteiger charge is 2.51. The second kappa shape index (κ2) is 7.25. The van der Waals surface area contributed by atoms with Crippen LogP contribution in [0.1, 0.15) is 48.8 Å². The summed E-state index contributed by atoms with van der Waals surface area (Å²) >= 11 is 0.